The van der Waals surface area contributed by atoms with Gasteiger partial charge in [0.1, 0.15) is 0 Å². The van der Waals surface area contributed by atoms with E-state index in [4.69, 9.17) is 16.7 Å². The van der Waals surface area contributed by atoms with E-state index in [2.05, 4.69) is 5.32 Å². The molecule has 7 heteroatoms. The highest BCUT2D eigenvalue weighted by molar-refractivity contribution is 6.30. The van der Waals surface area contributed by atoms with Crippen LogP contribution in [0.3, 0.4) is 0 Å². The first-order valence-corrected chi connectivity index (χ1v) is 8.79. The van der Waals surface area contributed by atoms with E-state index >= 15 is 0 Å². The van der Waals surface area contributed by atoms with Crippen LogP contribution < -0.4 is 5.32 Å². The number of hydrogen-bond acceptors (Lipinski definition) is 3. The first-order chi connectivity index (χ1) is 11.9. The monoisotopic (exact) mass is 364 g/mol. The van der Waals surface area contributed by atoms with Crippen LogP contribution in [0.15, 0.2) is 24.3 Å². The molecule has 0 spiro atoms. The van der Waals surface area contributed by atoms with Gasteiger partial charge in [-0.25, -0.2) is 0 Å². The maximum atomic E-state index is 12.8. The summed E-state index contributed by atoms with van der Waals surface area (Å²) in [6.07, 6.45) is 1.82. The van der Waals surface area contributed by atoms with Crippen molar-refractivity contribution in [2.45, 2.75) is 37.8 Å². The number of halogens is 1. The lowest BCUT2D eigenvalue weighted by Crippen LogP contribution is -2.39. The Morgan fingerprint density at radius 1 is 1.32 bits per heavy atom. The molecule has 2 unspecified atom stereocenters. The van der Waals surface area contributed by atoms with E-state index in [9.17, 15) is 14.4 Å². The largest absolute Gasteiger partial charge is 0.481 e. The molecule has 1 saturated heterocycles. The molecule has 3 rings (SSSR count). The highest BCUT2D eigenvalue weighted by Crippen LogP contribution is 2.38. The molecule has 0 radical (unpaired) electrons. The number of benzene rings is 1. The fraction of sp³-hybridized carbons (Fsp3) is 0.500. The lowest BCUT2D eigenvalue weighted by molar-refractivity contribution is -0.141. The van der Waals surface area contributed by atoms with Crippen LogP contribution >= 0.6 is 11.6 Å². The number of carbonyl (C=O) groups is 3. The van der Waals surface area contributed by atoms with Gasteiger partial charge in [-0.2, -0.15) is 0 Å². The number of aliphatic carboxylic acids is 1. The second-order valence-electron chi connectivity index (χ2n) is 6.87. The van der Waals surface area contributed by atoms with Gasteiger partial charge in [-0.3, -0.25) is 14.4 Å². The van der Waals surface area contributed by atoms with Crippen LogP contribution in [0.4, 0.5) is 0 Å². The summed E-state index contributed by atoms with van der Waals surface area (Å²) in [6, 6.07) is 6.69. The Kier molecular flexibility index (Phi) is 4.99. The van der Waals surface area contributed by atoms with Gasteiger partial charge >= 0.3 is 5.97 Å². The number of carbonyl (C=O) groups excluding carboxylic acids is 2. The molecule has 2 aliphatic rings. The number of hydrogen-bond donors (Lipinski definition) is 2. The average Bonchev–Trinajstić information content (AvgIpc) is 3.13. The van der Waals surface area contributed by atoms with Gasteiger partial charge in [0.15, 0.2) is 0 Å². The molecule has 1 aliphatic heterocycles. The molecule has 0 bridgehead atoms. The van der Waals surface area contributed by atoms with Crippen LogP contribution in [-0.2, 0) is 14.4 Å². The van der Waals surface area contributed by atoms with Gasteiger partial charge < -0.3 is 15.3 Å². The summed E-state index contributed by atoms with van der Waals surface area (Å²) in [6.45, 7) is 0. The third-order valence-corrected chi connectivity index (χ3v) is 5.48. The van der Waals surface area contributed by atoms with Gasteiger partial charge in [-0.15, -0.1) is 0 Å². The second-order valence-corrected chi connectivity index (χ2v) is 7.31. The Morgan fingerprint density at radius 2 is 2.08 bits per heavy atom. The molecule has 2 fully saturated rings. The zero-order valence-corrected chi connectivity index (χ0v) is 14.7. The molecule has 4 atom stereocenters. The fourth-order valence-electron chi connectivity index (χ4n) is 3.90. The quantitative estimate of drug-likeness (QED) is 0.857. The minimum absolute atomic E-state index is 0.0834. The molecular weight excluding hydrogens is 344 g/mol. The predicted molar refractivity (Wildman–Crippen MR) is 92.0 cm³/mol. The summed E-state index contributed by atoms with van der Waals surface area (Å²) in [5.74, 6) is -2.00. The topological polar surface area (TPSA) is 86.7 Å². The molecule has 2 amide bonds. The van der Waals surface area contributed by atoms with Crippen LogP contribution in [0, 0.1) is 11.8 Å². The molecule has 1 aromatic rings. The van der Waals surface area contributed by atoms with Crippen molar-refractivity contribution < 1.29 is 19.5 Å². The summed E-state index contributed by atoms with van der Waals surface area (Å²) in [4.78, 5) is 37.6. The van der Waals surface area contributed by atoms with Crippen LogP contribution in [0.2, 0.25) is 5.02 Å². The van der Waals surface area contributed by atoms with Crippen molar-refractivity contribution in [1.29, 1.82) is 0 Å². The molecule has 1 saturated carbocycles. The molecule has 1 heterocycles. The molecule has 2 N–H and O–H groups in total. The van der Waals surface area contributed by atoms with Crippen molar-refractivity contribution in [2.24, 2.45) is 11.8 Å². The normalized spacial score (nSPS) is 29.0. The van der Waals surface area contributed by atoms with E-state index in [-0.39, 0.29) is 30.3 Å². The third-order valence-electron chi connectivity index (χ3n) is 5.24. The number of nitrogens with one attached hydrogen (secondary N) is 1. The lowest BCUT2D eigenvalue weighted by atomic mass is 9.92. The van der Waals surface area contributed by atoms with Crippen molar-refractivity contribution in [2.75, 3.05) is 7.05 Å². The van der Waals surface area contributed by atoms with Crippen LogP contribution in [0.1, 0.15) is 37.3 Å². The Balaban J connectivity index is 1.74. The average molecular weight is 365 g/mol. The van der Waals surface area contributed by atoms with Gasteiger partial charge in [-0.05, 0) is 37.0 Å². The standard InChI is InChI=1S/C18H21ClN2O4/c1-21-15(22)9-14(16(21)10-3-2-4-12(19)7-10)17(23)20-13-6-5-11(8-13)18(24)25/h2-4,7,11,13-14,16H,5-6,8-9H2,1H3,(H,20,23)(H,24,25)/t11-,13+,14?,16?/m1/s1. The summed E-state index contributed by atoms with van der Waals surface area (Å²) < 4.78 is 0. The number of carboxylic acid groups (broad SMARTS) is 1. The summed E-state index contributed by atoms with van der Waals surface area (Å²) in [5, 5.41) is 12.6. The number of nitrogens with zero attached hydrogens (tertiary/aromatic N) is 1. The summed E-state index contributed by atoms with van der Waals surface area (Å²) in [5.41, 5.74) is 0.829. The molecule has 6 nitrogen and oxygen atoms in total. The molecule has 25 heavy (non-hydrogen) atoms. The van der Waals surface area contributed by atoms with Gasteiger partial charge in [0.05, 0.1) is 17.9 Å². The minimum atomic E-state index is -0.815. The highest BCUT2D eigenvalue weighted by atomic mass is 35.5. The van der Waals surface area contributed by atoms with Crippen molar-refractivity contribution in [3.63, 3.8) is 0 Å². The highest BCUT2D eigenvalue weighted by Gasteiger charge is 2.43. The molecule has 1 aromatic carbocycles. The van der Waals surface area contributed by atoms with Crippen molar-refractivity contribution in [1.82, 2.24) is 10.2 Å². The van der Waals surface area contributed by atoms with E-state index < -0.39 is 17.8 Å². The van der Waals surface area contributed by atoms with Crippen LogP contribution in [0.5, 0.6) is 0 Å². The van der Waals surface area contributed by atoms with E-state index in [1.165, 1.54) is 0 Å². The van der Waals surface area contributed by atoms with E-state index in [0.29, 0.717) is 24.3 Å². The van der Waals surface area contributed by atoms with E-state index in [1.54, 1.807) is 30.1 Å². The first kappa shape index (κ1) is 17.7. The van der Waals surface area contributed by atoms with Gasteiger partial charge in [0.2, 0.25) is 11.8 Å². The van der Waals surface area contributed by atoms with Crippen LogP contribution in [-0.4, -0.2) is 40.9 Å². The third kappa shape index (κ3) is 3.63. The summed E-state index contributed by atoms with van der Waals surface area (Å²) in [7, 11) is 1.69. The van der Waals surface area contributed by atoms with E-state index in [1.807, 2.05) is 6.07 Å². The zero-order valence-electron chi connectivity index (χ0n) is 13.9. The summed E-state index contributed by atoms with van der Waals surface area (Å²) >= 11 is 6.06. The first-order valence-electron chi connectivity index (χ1n) is 8.41. The molecule has 134 valence electrons. The number of rotatable bonds is 4. The van der Waals surface area contributed by atoms with Gasteiger partial charge in [0, 0.05) is 24.5 Å². The Hall–Kier alpha value is -2.08. The molecule has 0 aromatic heterocycles. The molecule has 1 aliphatic carbocycles. The Bertz CT molecular complexity index is 708. The zero-order chi connectivity index (χ0) is 18.1. The predicted octanol–water partition coefficient (Wildman–Crippen LogP) is 2.23. The van der Waals surface area contributed by atoms with E-state index in [0.717, 1.165) is 5.56 Å². The number of carboxylic acids is 1. The maximum absolute atomic E-state index is 12.8. The Morgan fingerprint density at radius 3 is 2.72 bits per heavy atom. The van der Waals surface area contributed by atoms with Gasteiger partial charge in [0.25, 0.3) is 0 Å². The smallest absolute Gasteiger partial charge is 0.306 e. The van der Waals surface area contributed by atoms with Crippen molar-refractivity contribution in [3.05, 3.63) is 34.9 Å². The molecular formula is C18H21ClN2O4. The van der Waals surface area contributed by atoms with Crippen LogP contribution in [0.25, 0.3) is 0 Å². The minimum Gasteiger partial charge on any atom is -0.481 e. The Labute approximate surface area is 151 Å². The van der Waals surface area contributed by atoms with Gasteiger partial charge in [-0.1, -0.05) is 23.7 Å². The number of amides is 2. The second kappa shape index (κ2) is 7.04. The maximum Gasteiger partial charge on any atom is 0.306 e. The SMILES string of the molecule is CN1C(=O)CC(C(=O)N[C@H]2CC[C@@H](C(=O)O)C2)C1c1cccc(Cl)c1. The number of likely N-dealkylation sites (tertiary alicyclic amines) is 1. The van der Waals surface area contributed by atoms with Crippen molar-refractivity contribution >= 4 is 29.4 Å². The van der Waals surface area contributed by atoms with Crippen molar-refractivity contribution in [3.8, 4) is 0 Å². The lowest BCUT2D eigenvalue weighted by Gasteiger charge is -2.26. The fourth-order valence-corrected chi connectivity index (χ4v) is 4.10.